The smallest absolute Gasteiger partial charge is 0.224 e. The second kappa shape index (κ2) is 7.25. The topological polar surface area (TPSA) is 80.3 Å². The van der Waals surface area contributed by atoms with E-state index in [0.29, 0.717) is 4.47 Å². The Morgan fingerprint density at radius 3 is 2.17 bits per heavy atom. The van der Waals surface area contributed by atoms with Gasteiger partial charge in [0.05, 0.1) is 9.79 Å². The molecule has 2 aromatic carbocycles. The first-order valence-electron chi connectivity index (χ1n) is 6.79. The first kappa shape index (κ1) is 19.6. The van der Waals surface area contributed by atoms with Gasteiger partial charge in [-0.2, -0.15) is 0 Å². The highest BCUT2D eigenvalue weighted by Crippen LogP contribution is 2.28. The van der Waals surface area contributed by atoms with Crippen LogP contribution in [0.4, 0.5) is 0 Å². The number of nitrogens with one attached hydrogen (secondary N) is 1. The van der Waals surface area contributed by atoms with Gasteiger partial charge in [-0.3, -0.25) is 0 Å². The van der Waals surface area contributed by atoms with Gasteiger partial charge in [0.2, 0.25) is 10.0 Å². The van der Waals surface area contributed by atoms with E-state index < -0.39 is 25.9 Å². The molecule has 0 radical (unpaired) electrons. The zero-order valence-electron chi connectivity index (χ0n) is 12.8. The summed E-state index contributed by atoms with van der Waals surface area (Å²) in [7, 11) is -7.43. The SMILES string of the molecule is CC(NS(=O)(=O)c1cc(S(C)(=O)=O)ccc1Br)c1ccccc1Br. The minimum Gasteiger partial charge on any atom is -0.224 e. The molecule has 0 saturated carbocycles. The van der Waals surface area contributed by atoms with Gasteiger partial charge in [0.25, 0.3) is 0 Å². The van der Waals surface area contributed by atoms with E-state index in [1.54, 1.807) is 13.0 Å². The van der Waals surface area contributed by atoms with Crippen molar-refractivity contribution in [3.8, 4) is 0 Å². The fourth-order valence-corrected chi connectivity index (χ4v) is 5.67. The molecule has 0 aliphatic rings. The van der Waals surface area contributed by atoms with Gasteiger partial charge in [0.1, 0.15) is 0 Å². The van der Waals surface area contributed by atoms with Crippen molar-refractivity contribution >= 4 is 51.7 Å². The molecule has 0 bridgehead atoms. The predicted molar refractivity (Wildman–Crippen MR) is 100 cm³/mol. The highest BCUT2D eigenvalue weighted by molar-refractivity contribution is 9.10. The third-order valence-electron chi connectivity index (χ3n) is 3.32. The van der Waals surface area contributed by atoms with E-state index in [1.807, 2.05) is 18.2 Å². The van der Waals surface area contributed by atoms with Gasteiger partial charge >= 0.3 is 0 Å². The standard InChI is InChI=1S/C15H15Br2NO4S2/c1-10(12-5-3-4-6-13(12)16)18-24(21,22)15-9-11(23(2,19)20)7-8-14(15)17/h3-10,18H,1-2H3. The molecule has 130 valence electrons. The lowest BCUT2D eigenvalue weighted by molar-refractivity contribution is 0.565. The van der Waals surface area contributed by atoms with E-state index in [-0.39, 0.29) is 9.79 Å². The first-order valence-corrected chi connectivity index (χ1v) is 11.7. The molecular weight excluding hydrogens is 482 g/mol. The zero-order valence-corrected chi connectivity index (χ0v) is 17.6. The quantitative estimate of drug-likeness (QED) is 0.684. The van der Waals surface area contributed by atoms with Crippen LogP contribution in [0.3, 0.4) is 0 Å². The molecule has 2 rings (SSSR count). The molecule has 0 aromatic heterocycles. The molecule has 0 aliphatic carbocycles. The van der Waals surface area contributed by atoms with E-state index in [4.69, 9.17) is 0 Å². The molecule has 0 fully saturated rings. The molecule has 0 heterocycles. The second-order valence-corrected chi connectivity index (χ2v) is 10.6. The Morgan fingerprint density at radius 1 is 0.958 bits per heavy atom. The maximum Gasteiger partial charge on any atom is 0.242 e. The van der Waals surface area contributed by atoms with E-state index in [1.165, 1.54) is 12.1 Å². The number of benzene rings is 2. The molecule has 5 nitrogen and oxygen atoms in total. The summed E-state index contributed by atoms with van der Waals surface area (Å²) < 4.78 is 52.3. The van der Waals surface area contributed by atoms with Crippen LogP contribution in [0.15, 0.2) is 61.2 Å². The summed E-state index contributed by atoms with van der Waals surface area (Å²) in [6, 6.07) is 10.7. The Kier molecular flexibility index (Phi) is 5.91. The molecular formula is C15H15Br2NO4S2. The van der Waals surface area contributed by atoms with E-state index in [9.17, 15) is 16.8 Å². The van der Waals surface area contributed by atoms with Gasteiger partial charge < -0.3 is 0 Å². The summed E-state index contributed by atoms with van der Waals surface area (Å²) in [5.41, 5.74) is 0.775. The summed E-state index contributed by atoms with van der Waals surface area (Å²) in [6.07, 6.45) is 1.03. The average Bonchev–Trinajstić information content (AvgIpc) is 2.46. The minimum atomic E-state index is -3.92. The van der Waals surface area contributed by atoms with Gasteiger partial charge in [-0.1, -0.05) is 34.1 Å². The van der Waals surface area contributed by atoms with Crippen LogP contribution in [-0.2, 0) is 19.9 Å². The van der Waals surface area contributed by atoms with Gasteiger partial charge in [-0.25, -0.2) is 21.6 Å². The summed E-state index contributed by atoms with van der Waals surface area (Å²) in [5, 5.41) is 0. The van der Waals surface area contributed by atoms with Crippen molar-refractivity contribution < 1.29 is 16.8 Å². The minimum absolute atomic E-state index is 0.0559. The normalized spacial score (nSPS) is 13.7. The van der Waals surface area contributed by atoms with Gasteiger partial charge in [-0.15, -0.1) is 0 Å². The lowest BCUT2D eigenvalue weighted by Crippen LogP contribution is -2.27. The fourth-order valence-electron chi connectivity index (χ4n) is 2.11. The Hall–Kier alpha value is -0.740. The Labute approximate surface area is 158 Å². The van der Waals surface area contributed by atoms with Crippen molar-refractivity contribution in [2.75, 3.05) is 6.26 Å². The number of sulfonamides is 1. The summed E-state index contributed by atoms with van der Waals surface area (Å²) >= 11 is 6.56. The monoisotopic (exact) mass is 495 g/mol. The van der Waals surface area contributed by atoms with Crippen LogP contribution >= 0.6 is 31.9 Å². The number of hydrogen-bond donors (Lipinski definition) is 1. The van der Waals surface area contributed by atoms with Crippen molar-refractivity contribution in [2.24, 2.45) is 0 Å². The van der Waals surface area contributed by atoms with E-state index in [2.05, 4.69) is 36.6 Å². The maximum absolute atomic E-state index is 12.7. The third kappa shape index (κ3) is 4.45. The maximum atomic E-state index is 12.7. The summed E-state index contributed by atoms with van der Waals surface area (Å²) in [4.78, 5) is -0.177. The van der Waals surface area contributed by atoms with E-state index in [0.717, 1.165) is 22.4 Å². The van der Waals surface area contributed by atoms with Gasteiger partial charge in [-0.05, 0) is 52.7 Å². The molecule has 1 atom stereocenters. The zero-order chi connectivity index (χ0) is 18.1. The van der Waals surface area contributed by atoms with Gasteiger partial charge in [0.15, 0.2) is 9.84 Å². The van der Waals surface area contributed by atoms with Crippen LogP contribution < -0.4 is 4.72 Å². The van der Waals surface area contributed by atoms with Crippen LogP contribution in [0.25, 0.3) is 0 Å². The lowest BCUT2D eigenvalue weighted by Gasteiger charge is -2.17. The van der Waals surface area contributed by atoms with Crippen LogP contribution in [-0.4, -0.2) is 23.1 Å². The molecule has 2 aromatic rings. The molecule has 24 heavy (non-hydrogen) atoms. The number of hydrogen-bond acceptors (Lipinski definition) is 4. The van der Waals surface area contributed by atoms with Crippen molar-refractivity contribution in [3.63, 3.8) is 0 Å². The van der Waals surface area contributed by atoms with Crippen LogP contribution in [0.1, 0.15) is 18.5 Å². The average molecular weight is 497 g/mol. The molecule has 9 heteroatoms. The van der Waals surface area contributed by atoms with Crippen molar-refractivity contribution in [1.82, 2.24) is 4.72 Å². The van der Waals surface area contributed by atoms with Crippen LogP contribution in [0, 0.1) is 0 Å². The summed E-state index contributed by atoms with van der Waals surface area (Å²) in [5.74, 6) is 0. The lowest BCUT2D eigenvalue weighted by atomic mass is 10.1. The van der Waals surface area contributed by atoms with Crippen LogP contribution in [0.5, 0.6) is 0 Å². The van der Waals surface area contributed by atoms with Crippen molar-refractivity contribution in [1.29, 1.82) is 0 Å². The largest absolute Gasteiger partial charge is 0.242 e. The van der Waals surface area contributed by atoms with E-state index >= 15 is 0 Å². The molecule has 0 saturated heterocycles. The Balaban J connectivity index is 2.43. The fraction of sp³-hybridized carbons (Fsp3) is 0.200. The predicted octanol–water partition coefficient (Wildman–Crippen LogP) is 3.65. The molecule has 0 amide bonds. The number of rotatable bonds is 5. The molecule has 0 aliphatic heterocycles. The Bertz CT molecular complexity index is 973. The highest BCUT2D eigenvalue weighted by Gasteiger charge is 2.23. The second-order valence-electron chi connectivity index (χ2n) is 5.23. The first-order chi connectivity index (χ1) is 11.0. The summed E-state index contributed by atoms with van der Waals surface area (Å²) in [6.45, 7) is 1.71. The molecule has 1 unspecified atom stereocenters. The van der Waals surface area contributed by atoms with Crippen molar-refractivity contribution in [2.45, 2.75) is 22.8 Å². The number of halogens is 2. The molecule has 1 N–H and O–H groups in total. The highest BCUT2D eigenvalue weighted by atomic mass is 79.9. The Morgan fingerprint density at radius 2 is 1.58 bits per heavy atom. The molecule has 0 spiro atoms. The van der Waals surface area contributed by atoms with Crippen molar-refractivity contribution in [3.05, 3.63) is 57.0 Å². The number of sulfone groups is 1. The van der Waals surface area contributed by atoms with Gasteiger partial charge in [0, 0.05) is 21.2 Å². The third-order valence-corrected chi connectivity index (χ3v) is 7.69. The van der Waals surface area contributed by atoms with Crippen LogP contribution in [0.2, 0.25) is 0 Å².